The monoisotopic (exact) mass is 487 g/mol. The number of fused-ring (bicyclic) bond motifs is 4. The van der Waals surface area contributed by atoms with E-state index in [1.165, 1.54) is 16.8 Å². The Balaban J connectivity index is 0.00000272. The first-order valence-electron chi connectivity index (χ1n) is 10.7. The number of ether oxygens (including phenoxy) is 4. The summed E-state index contributed by atoms with van der Waals surface area (Å²) in [7, 11) is 3.35. The topological polar surface area (TPSA) is 40.8 Å². The molecule has 0 unspecified atom stereocenters. The van der Waals surface area contributed by atoms with Crippen LogP contribution in [0.1, 0.15) is 32.3 Å². The number of pyridine rings is 1. The summed E-state index contributed by atoms with van der Waals surface area (Å²) in [5.41, 5.74) is 3.68. The van der Waals surface area contributed by atoms with Crippen LogP contribution in [0.15, 0.2) is 36.5 Å². The molecule has 0 aliphatic carbocycles. The Labute approximate surface area is 194 Å². The van der Waals surface area contributed by atoms with E-state index in [2.05, 4.69) is 48.9 Å². The molecule has 2 heterocycles. The van der Waals surface area contributed by atoms with E-state index in [4.69, 9.17) is 18.9 Å². The Kier molecular flexibility index (Phi) is 7.65. The second kappa shape index (κ2) is 10.2. The minimum absolute atomic E-state index is 0. The molecule has 0 amide bonds. The third-order valence-corrected chi connectivity index (χ3v) is 5.50. The van der Waals surface area contributed by atoms with Gasteiger partial charge in [-0.25, -0.2) is 0 Å². The standard InChI is InChI=1S/C25H30NO4.BrH/c1-5-11-29-23-14-18-9-10-26-16-20-17(7-8-22(27-3)25(20)28-4)13-21(26)19(18)15-24(23)30-12-6-2;/h7-8,13-16H,5-6,9-12H2,1-4H3;1H/q+1;/p-1. The highest BCUT2D eigenvalue weighted by Gasteiger charge is 2.27. The highest BCUT2D eigenvalue weighted by atomic mass is 79.9. The molecule has 1 aliphatic rings. The van der Waals surface area contributed by atoms with Crippen LogP contribution in [-0.2, 0) is 13.0 Å². The van der Waals surface area contributed by atoms with Crippen molar-refractivity contribution >= 4 is 10.8 Å². The van der Waals surface area contributed by atoms with Gasteiger partial charge in [0.2, 0.25) is 5.69 Å². The van der Waals surface area contributed by atoms with Crippen molar-refractivity contribution < 1.29 is 40.5 Å². The molecule has 3 aromatic rings. The fraction of sp³-hybridized carbons (Fsp3) is 0.400. The van der Waals surface area contributed by atoms with E-state index < -0.39 is 0 Å². The average molecular weight is 488 g/mol. The molecule has 4 rings (SSSR count). The second-order valence-electron chi connectivity index (χ2n) is 7.56. The molecule has 0 radical (unpaired) electrons. The number of rotatable bonds is 8. The predicted octanol–water partition coefficient (Wildman–Crippen LogP) is 1.95. The Morgan fingerprint density at radius 1 is 0.871 bits per heavy atom. The zero-order chi connectivity index (χ0) is 21.1. The summed E-state index contributed by atoms with van der Waals surface area (Å²) in [4.78, 5) is 0. The van der Waals surface area contributed by atoms with Gasteiger partial charge in [-0.15, -0.1) is 0 Å². The minimum Gasteiger partial charge on any atom is -1.00 e. The molecule has 166 valence electrons. The van der Waals surface area contributed by atoms with Gasteiger partial charge in [-0.2, -0.15) is 4.57 Å². The molecule has 0 atom stereocenters. The third kappa shape index (κ3) is 4.45. The highest BCUT2D eigenvalue weighted by molar-refractivity contribution is 5.91. The summed E-state index contributed by atoms with van der Waals surface area (Å²) in [6.45, 7) is 6.51. The number of aromatic nitrogens is 1. The smallest absolute Gasteiger partial charge is 0.213 e. The normalized spacial score (nSPS) is 11.9. The maximum Gasteiger partial charge on any atom is 0.213 e. The number of benzene rings is 2. The third-order valence-electron chi connectivity index (χ3n) is 5.50. The van der Waals surface area contributed by atoms with Gasteiger partial charge < -0.3 is 35.9 Å². The molecule has 1 aliphatic heterocycles. The van der Waals surface area contributed by atoms with E-state index in [1.807, 2.05) is 6.07 Å². The average Bonchev–Trinajstić information content (AvgIpc) is 2.78. The van der Waals surface area contributed by atoms with Crippen molar-refractivity contribution in [1.29, 1.82) is 0 Å². The van der Waals surface area contributed by atoms with Crippen LogP contribution in [0, 0.1) is 0 Å². The quantitative estimate of drug-likeness (QED) is 0.455. The number of methoxy groups -OCH3 is 2. The van der Waals surface area contributed by atoms with Crippen LogP contribution in [0.25, 0.3) is 22.0 Å². The van der Waals surface area contributed by atoms with Crippen molar-refractivity contribution in [1.82, 2.24) is 0 Å². The molecule has 5 nitrogen and oxygen atoms in total. The number of hydrogen-bond acceptors (Lipinski definition) is 4. The van der Waals surface area contributed by atoms with Gasteiger partial charge in [0.15, 0.2) is 35.7 Å². The lowest BCUT2D eigenvalue weighted by Gasteiger charge is -2.20. The predicted molar refractivity (Wildman–Crippen MR) is 118 cm³/mol. The fourth-order valence-corrected chi connectivity index (χ4v) is 4.04. The van der Waals surface area contributed by atoms with Crippen LogP contribution in [0.3, 0.4) is 0 Å². The van der Waals surface area contributed by atoms with E-state index in [-0.39, 0.29) is 17.0 Å². The summed E-state index contributed by atoms with van der Waals surface area (Å²) < 4.78 is 25.5. The lowest BCUT2D eigenvalue weighted by molar-refractivity contribution is -0.686. The molecule has 31 heavy (non-hydrogen) atoms. The lowest BCUT2D eigenvalue weighted by Crippen LogP contribution is -3.00. The summed E-state index contributed by atoms with van der Waals surface area (Å²) in [6, 6.07) is 10.6. The summed E-state index contributed by atoms with van der Waals surface area (Å²) in [6.07, 6.45) is 5.05. The first kappa shape index (κ1) is 23.2. The number of halogens is 1. The SMILES string of the molecule is CCCOc1cc2c(cc1OCCC)-c1cc3ccc(OC)c(OC)c3c[n+]1CC2.[Br-]. The van der Waals surface area contributed by atoms with Crippen LogP contribution in [0.5, 0.6) is 23.0 Å². The Morgan fingerprint density at radius 3 is 2.23 bits per heavy atom. The van der Waals surface area contributed by atoms with Crippen molar-refractivity contribution in [2.75, 3.05) is 27.4 Å². The van der Waals surface area contributed by atoms with E-state index in [9.17, 15) is 0 Å². The summed E-state index contributed by atoms with van der Waals surface area (Å²) >= 11 is 0. The van der Waals surface area contributed by atoms with Gasteiger partial charge in [-0.05, 0) is 48.1 Å². The first-order chi connectivity index (χ1) is 14.7. The molecule has 0 bridgehead atoms. The molecular weight excluding hydrogens is 458 g/mol. The number of aryl methyl sites for hydroxylation is 2. The molecule has 2 aromatic carbocycles. The zero-order valence-corrected chi connectivity index (χ0v) is 20.3. The number of nitrogens with zero attached hydrogens (tertiary/aromatic N) is 1. The van der Waals surface area contributed by atoms with Gasteiger partial charge in [0.05, 0.1) is 38.4 Å². The van der Waals surface area contributed by atoms with Gasteiger partial charge in [-0.3, -0.25) is 0 Å². The van der Waals surface area contributed by atoms with Crippen LogP contribution in [0.2, 0.25) is 0 Å². The van der Waals surface area contributed by atoms with Gasteiger partial charge in [0, 0.05) is 12.5 Å². The molecule has 0 saturated heterocycles. The Morgan fingerprint density at radius 2 is 1.58 bits per heavy atom. The van der Waals surface area contributed by atoms with E-state index in [0.29, 0.717) is 13.2 Å². The van der Waals surface area contributed by atoms with Gasteiger partial charge in [0.25, 0.3) is 0 Å². The Hall–Kier alpha value is -2.47. The zero-order valence-electron chi connectivity index (χ0n) is 18.7. The molecule has 0 N–H and O–H groups in total. The Bertz CT molecular complexity index is 1070. The van der Waals surface area contributed by atoms with Crippen molar-refractivity contribution in [3.63, 3.8) is 0 Å². The van der Waals surface area contributed by atoms with Crippen molar-refractivity contribution in [3.8, 4) is 34.3 Å². The molecular formula is C25H30BrNO4. The first-order valence-corrected chi connectivity index (χ1v) is 10.7. The molecule has 0 fully saturated rings. The largest absolute Gasteiger partial charge is 1.00 e. The second-order valence-corrected chi connectivity index (χ2v) is 7.56. The van der Waals surface area contributed by atoms with Crippen molar-refractivity contribution in [3.05, 3.63) is 42.1 Å². The highest BCUT2D eigenvalue weighted by Crippen LogP contribution is 2.40. The maximum atomic E-state index is 6.05. The summed E-state index contributed by atoms with van der Waals surface area (Å²) in [5, 5.41) is 2.17. The van der Waals surface area contributed by atoms with E-state index in [0.717, 1.165) is 59.6 Å². The van der Waals surface area contributed by atoms with Crippen LogP contribution < -0.4 is 40.5 Å². The fourth-order valence-electron chi connectivity index (χ4n) is 4.04. The molecule has 0 spiro atoms. The van der Waals surface area contributed by atoms with Crippen LogP contribution in [-0.4, -0.2) is 27.4 Å². The van der Waals surface area contributed by atoms with Crippen LogP contribution in [0.4, 0.5) is 0 Å². The van der Waals surface area contributed by atoms with E-state index >= 15 is 0 Å². The van der Waals surface area contributed by atoms with Crippen molar-refractivity contribution in [2.24, 2.45) is 0 Å². The van der Waals surface area contributed by atoms with Crippen molar-refractivity contribution in [2.45, 2.75) is 39.7 Å². The van der Waals surface area contributed by atoms with Gasteiger partial charge >= 0.3 is 0 Å². The minimum atomic E-state index is 0. The van der Waals surface area contributed by atoms with Gasteiger partial charge in [-0.1, -0.05) is 13.8 Å². The van der Waals surface area contributed by atoms with Gasteiger partial charge in [0.1, 0.15) is 0 Å². The molecule has 0 saturated carbocycles. The molecule has 1 aromatic heterocycles. The lowest BCUT2D eigenvalue weighted by atomic mass is 9.95. The molecule has 6 heteroatoms. The van der Waals surface area contributed by atoms with Crippen LogP contribution >= 0.6 is 0 Å². The maximum absolute atomic E-state index is 6.05. The summed E-state index contributed by atoms with van der Waals surface area (Å²) in [5.74, 6) is 3.19. The number of hydrogen-bond donors (Lipinski definition) is 0. The van der Waals surface area contributed by atoms with E-state index in [1.54, 1.807) is 14.2 Å².